The number of carboxylic acid groups (broad SMARTS) is 1. The van der Waals surface area contributed by atoms with Crippen LogP contribution in [0.25, 0.3) is 11.0 Å². The van der Waals surface area contributed by atoms with E-state index < -0.39 is 5.97 Å². The molecule has 0 saturated heterocycles. The Bertz CT molecular complexity index is 510. The number of aromatic nitrogens is 4. The van der Waals surface area contributed by atoms with E-state index in [1.807, 2.05) is 0 Å². The van der Waals surface area contributed by atoms with Gasteiger partial charge in [-0.3, -0.25) is 9.89 Å². The van der Waals surface area contributed by atoms with Crippen LogP contribution in [-0.2, 0) is 4.79 Å². The molecular formula is C8H8N4O2S. The minimum Gasteiger partial charge on any atom is -0.481 e. The van der Waals surface area contributed by atoms with E-state index in [0.717, 1.165) is 5.39 Å². The maximum absolute atomic E-state index is 10.4. The van der Waals surface area contributed by atoms with Crippen LogP contribution in [0, 0.1) is 6.92 Å². The van der Waals surface area contributed by atoms with E-state index in [2.05, 4.69) is 20.2 Å². The van der Waals surface area contributed by atoms with E-state index in [4.69, 9.17) is 5.11 Å². The van der Waals surface area contributed by atoms with Crippen LogP contribution in [0.3, 0.4) is 0 Å². The lowest BCUT2D eigenvalue weighted by Crippen LogP contribution is -1.99. The van der Waals surface area contributed by atoms with Crippen LogP contribution in [-0.4, -0.2) is 37.0 Å². The fourth-order valence-electron chi connectivity index (χ4n) is 1.16. The molecule has 2 N–H and O–H groups in total. The molecule has 0 saturated carbocycles. The first-order chi connectivity index (χ1) is 7.16. The van der Waals surface area contributed by atoms with Crippen molar-refractivity contribution in [1.82, 2.24) is 20.2 Å². The van der Waals surface area contributed by atoms with Crippen molar-refractivity contribution in [2.45, 2.75) is 11.9 Å². The van der Waals surface area contributed by atoms with Gasteiger partial charge in [0, 0.05) is 0 Å². The molecule has 6 nitrogen and oxygen atoms in total. The van der Waals surface area contributed by atoms with Crippen molar-refractivity contribution >= 4 is 28.8 Å². The molecule has 0 aromatic carbocycles. The van der Waals surface area contributed by atoms with Gasteiger partial charge in [-0.2, -0.15) is 5.10 Å². The number of H-pyrrole nitrogens is 1. The number of carbonyl (C=O) groups is 1. The van der Waals surface area contributed by atoms with Crippen LogP contribution in [0.2, 0.25) is 0 Å². The van der Waals surface area contributed by atoms with Gasteiger partial charge in [-0.1, -0.05) is 11.8 Å². The summed E-state index contributed by atoms with van der Waals surface area (Å²) in [6.07, 6.45) is 1.60. The average molecular weight is 224 g/mol. The molecule has 0 atom stereocenters. The molecule has 0 bridgehead atoms. The summed E-state index contributed by atoms with van der Waals surface area (Å²) in [4.78, 5) is 18.8. The number of fused-ring (bicyclic) bond motifs is 1. The molecule has 2 aromatic rings. The first-order valence-corrected chi connectivity index (χ1v) is 5.17. The average Bonchev–Trinajstić information content (AvgIpc) is 2.61. The first kappa shape index (κ1) is 9.91. The highest BCUT2D eigenvalue weighted by Crippen LogP contribution is 2.23. The van der Waals surface area contributed by atoms with Crippen molar-refractivity contribution < 1.29 is 9.90 Å². The molecular weight excluding hydrogens is 216 g/mol. The molecule has 2 aromatic heterocycles. The zero-order valence-electron chi connectivity index (χ0n) is 7.89. The van der Waals surface area contributed by atoms with E-state index in [9.17, 15) is 4.79 Å². The zero-order valence-corrected chi connectivity index (χ0v) is 8.71. The van der Waals surface area contributed by atoms with Gasteiger partial charge in [0.2, 0.25) is 0 Å². The third-order valence-corrected chi connectivity index (χ3v) is 2.69. The maximum Gasteiger partial charge on any atom is 0.313 e. The highest BCUT2D eigenvalue weighted by Gasteiger charge is 2.09. The Hall–Kier alpha value is -1.63. The standard InChI is InChI=1S/C8H8N4O2S/c1-4-10-7-5(2-9-12-7)8(11-4)15-3-6(13)14/h2H,3H2,1H3,(H,13,14)(H,9,10,11,12). The van der Waals surface area contributed by atoms with E-state index in [-0.39, 0.29) is 5.75 Å². The van der Waals surface area contributed by atoms with Crippen LogP contribution in [0.4, 0.5) is 0 Å². The Morgan fingerprint density at radius 3 is 3.13 bits per heavy atom. The minimum absolute atomic E-state index is 0.0171. The molecule has 0 radical (unpaired) electrons. The van der Waals surface area contributed by atoms with Crippen LogP contribution >= 0.6 is 11.8 Å². The van der Waals surface area contributed by atoms with Gasteiger partial charge in [-0.25, -0.2) is 9.97 Å². The molecule has 15 heavy (non-hydrogen) atoms. The molecule has 0 aliphatic carbocycles. The highest BCUT2D eigenvalue weighted by atomic mass is 32.2. The highest BCUT2D eigenvalue weighted by molar-refractivity contribution is 8.00. The Morgan fingerprint density at radius 2 is 2.40 bits per heavy atom. The lowest BCUT2D eigenvalue weighted by atomic mass is 10.4. The molecule has 2 rings (SSSR count). The van der Waals surface area contributed by atoms with Gasteiger partial charge in [0.05, 0.1) is 17.3 Å². The van der Waals surface area contributed by atoms with Gasteiger partial charge < -0.3 is 5.11 Å². The van der Waals surface area contributed by atoms with E-state index in [0.29, 0.717) is 16.5 Å². The number of aryl methyl sites for hydroxylation is 1. The van der Waals surface area contributed by atoms with Gasteiger partial charge >= 0.3 is 5.97 Å². The summed E-state index contributed by atoms with van der Waals surface area (Å²) in [6.45, 7) is 1.76. The number of hydrogen-bond acceptors (Lipinski definition) is 5. The van der Waals surface area contributed by atoms with Crippen molar-refractivity contribution in [2.75, 3.05) is 5.75 Å². The third-order valence-electron chi connectivity index (χ3n) is 1.72. The Kier molecular flexibility index (Phi) is 2.55. The fourth-order valence-corrected chi connectivity index (χ4v) is 1.92. The number of hydrogen-bond donors (Lipinski definition) is 2. The van der Waals surface area contributed by atoms with Crippen molar-refractivity contribution in [3.63, 3.8) is 0 Å². The molecule has 0 spiro atoms. The van der Waals surface area contributed by atoms with Crippen LogP contribution in [0.1, 0.15) is 5.82 Å². The third kappa shape index (κ3) is 2.07. The van der Waals surface area contributed by atoms with Crippen molar-refractivity contribution in [2.24, 2.45) is 0 Å². The molecule has 78 valence electrons. The van der Waals surface area contributed by atoms with Gasteiger partial charge in [0.1, 0.15) is 10.9 Å². The van der Waals surface area contributed by atoms with Crippen LogP contribution in [0.5, 0.6) is 0 Å². The Morgan fingerprint density at radius 1 is 1.60 bits per heavy atom. The summed E-state index contributed by atoms with van der Waals surface area (Å²) in [7, 11) is 0. The normalized spacial score (nSPS) is 10.7. The van der Waals surface area contributed by atoms with Gasteiger partial charge in [0.25, 0.3) is 0 Å². The summed E-state index contributed by atoms with van der Waals surface area (Å²) in [5.41, 5.74) is 0.635. The van der Waals surface area contributed by atoms with Crippen LogP contribution in [0.15, 0.2) is 11.2 Å². The molecule has 0 aliphatic rings. The second-order valence-electron chi connectivity index (χ2n) is 2.89. The zero-order chi connectivity index (χ0) is 10.8. The second-order valence-corrected chi connectivity index (χ2v) is 3.85. The topological polar surface area (TPSA) is 91.8 Å². The SMILES string of the molecule is Cc1nc(SCC(=O)O)c2cn[nH]c2n1. The Labute approximate surface area is 89.1 Å². The first-order valence-electron chi connectivity index (χ1n) is 4.19. The quantitative estimate of drug-likeness (QED) is 0.593. The summed E-state index contributed by atoms with van der Waals surface area (Å²) in [5.74, 6) is -0.288. The minimum atomic E-state index is -0.868. The predicted octanol–water partition coefficient (Wildman–Crippen LogP) is 0.838. The number of thioether (sulfide) groups is 1. The second kappa shape index (κ2) is 3.85. The number of rotatable bonds is 3. The number of aliphatic carboxylic acids is 1. The van der Waals surface area contributed by atoms with E-state index in [1.54, 1.807) is 13.1 Å². The Balaban J connectivity index is 2.39. The molecule has 7 heteroatoms. The smallest absolute Gasteiger partial charge is 0.313 e. The van der Waals surface area contributed by atoms with E-state index >= 15 is 0 Å². The van der Waals surface area contributed by atoms with E-state index in [1.165, 1.54) is 11.8 Å². The predicted molar refractivity (Wildman–Crippen MR) is 54.8 cm³/mol. The van der Waals surface area contributed by atoms with Crippen molar-refractivity contribution in [3.05, 3.63) is 12.0 Å². The largest absolute Gasteiger partial charge is 0.481 e. The monoisotopic (exact) mass is 224 g/mol. The van der Waals surface area contributed by atoms with Gasteiger partial charge in [-0.05, 0) is 6.92 Å². The van der Waals surface area contributed by atoms with Crippen LogP contribution < -0.4 is 0 Å². The van der Waals surface area contributed by atoms with Gasteiger partial charge in [0.15, 0.2) is 5.65 Å². The maximum atomic E-state index is 10.4. The lowest BCUT2D eigenvalue weighted by molar-refractivity contribution is -0.133. The lowest BCUT2D eigenvalue weighted by Gasteiger charge is -2.00. The number of nitrogens with one attached hydrogen (secondary N) is 1. The van der Waals surface area contributed by atoms with Crippen molar-refractivity contribution in [3.8, 4) is 0 Å². The number of carboxylic acids is 1. The summed E-state index contributed by atoms with van der Waals surface area (Å²) >= 11 is 1.17. The summed E-state index contributed by atoms with van der Waals surface area (Å²) in [5, 5.41) is 16.6. The number of aromatic amines is 1. The number of nitrogens with zero attached hydrogens (tertiary/aromatic N) is 3. The molecule has 2 heterocycles. The fraction of sp³-hybridized carbons (Fsp3) is 0.250. The molecule has 0 aliphatic heterocycles. The van der Waals surface area contributed by atoms with Gasteiger partial charge in [-0.15, -0.1) is 0 Å². The van der Waals surface area contributed by atoms with Crippen molar-refractivity contribution in [1.29, 1.82) is 0 Å². The molecule has 0 unspecified atom stereocenters. The summed E-state index contributed by atoms with van der Waals surface area (Å²) < 4.78 is 0. The molecule has 0 fully saturated rings. The summed E-state index contributed by atoms with van der Waals surface area (Å²) in [6, 6.07) is 0. The molecule has 0 amide bonds.